The lowest BCUT2D eigenvalue weighted by atomic mass is 10.2. The number of benzene rings is 1. The molecule has 0 aromatic heterocycles. The standard InChI is InChI=1S/C17H18ClN3O2S/c1-3-9-19-17-21(10-4-2)15(22)11-14(24-17)16(23)20-13-7-5-12(18)6-8-13/h3-8,14H,1-2,9-11H2,(H,20,23). The molecule has 1 aromatic carbocycles. The molecule has 2 amide bonds. The van der Waals surface area contributed by atoms with Crippen molar-refractivity contribution in [1.82, 2.24) is 4.90 Å². The number of carbonyl (C=O) groups excluding carboxylic acids is 2. The van der Waals surface area contributed by atoms with E-state index in [0.717, 1.165) is 0 Å². The number of aliphatic imine (C=N–C) groups is 1. The average Bonchev–Trinajstić information content (AvgIpc) is 2.57. The highest BCUT2D eigenvalue weighted by atomic mass is 35.5. The molecular weight excluding hydrogens is 346 g/mol. The maximum absolute atomic E-state index is 12.5. The van der Waals surface area contributed by atoms with Gasteiger partial charge in [-0.1, -0.05) is 35.5 Å². The lowest BCUT2D eigenvalue weighted by Crippen LogP contribution is -2.45. The van der Waals surface area contributed by atoms with Gasteiger partial charge in [0.2, 0.25) is 11.8 Å². The normalized spacial score (nSPS) is 19.2. The second kappa shape index (κ2) is 8.70. The molecule has 1 aromatic rings. The average molecular weight is 364 g/mol. The number of halogens is 1. The van der Waals surface area contributed by atoms with Gasteiger partial charge in [0, 0.05) is 23.7 Å². The van der Waals surface area contributed by atoms with E-state index in [1.54, 1.807) is 36.4 Å². The van der Waals surface area contributed by atoms with Crippen LogP contribution >= 0.6 is 23.4 Å². The van der Waals surface area contributed by atoms with Crippen molar-refractivity contribution in [2.45, 2.75) is 11.7 Å². The van der Waals surface area contributed by atoms with Crippen molar-refractivity contribution in [3.8, 4) is 0 Å². The number of nitrogens with zero attached hydrogens (tertiary/aromatic N) is 2. The number of amidine groups is 1. The van der Waals surface area contributed by atoms with Crippen molar-refractivity contribution in [1.29, 1.82) is 0 Å². The maximum Gasteiger partial charge on any atom is 0.238 e. The summed E-state index contributed by atoms with van der Waals surface area (Å²) in [4.78, 5) is 30.6. The fourth-order valence-corrected chi connectivity index (χ4v) is 3.31. The largest absolute Gasteiger partial charge is 0.325 e. The first-order valence-corrected chi connectivity index (χ1v) is 8.60. The van der Waals surface area contributed by atoms with E-state index in [1.807, 2.05) is 0 Å². The van der Waals surface area contributed by atoms with Crippen LogP contribution in [0.5, 0.6) is 0 Å². The Morgan fingerprint density at radius 3 is 2.71 bits per heavy atom. The first-order valence-electron chi connectivity index (χ1n) is 7.35. The quantitative estimate of drug-likeness (QED) is 0.788. The molecule has 0 spiro atoms. The van der Waals surface area contributed by atoms with Crippen LogP contribution in [0.25, 0.3) is 0 Å². The molecule has 1 N–H and O–H groups in total. The van der Waals surface area contributed by atoms with Crippen LogP contribution < -0.4 is 5.32 Å². The van der Waals surface area contributed by atoms with Gasteiger partial charge in [-0.05, 0) is 24.3 Å². The van der Waals surface area contributed by atoms with Crippen LogP contribution in [-0.4, -0.2) is 40.2 Å². The molecule has 0 bridgehead atoms. The van der Waals surface area contributed by atoms with Gasteiger partial charge in [0.1, 0.15) is 5.25 Å². The molecule has 2 rings (SSSR count). The van der Waals surface area contributed by atoms with Crippen LogP contribution in [0, 0.1) is 0 Å². The predicted octanol–water partition coefficient (Wildman–Crippen LogP) is 3.34. The molecular formula is C17H18ClN3O2S. The molecule has 1 unspecified atom stereocenters. The molecule has 0 aliphatic carbocycles. The highest BCUT2D eigenvalue weighted by Crippen LogP contribution is 2.28. The molecule has 7 heteroatoms. The van der Waals surface area contributed by atoms with Crippen molar-refractivity contribution in [2.24, 2.45) is 4.99 Å². The van der Waals surface area contributed by atoms with Gasteiger partial charge in [0.05, 0.1) is 6.54 Å². The molecule has 1 aliphatic rings. The van der Waals surface area contributed by atoms with Gasteiger partial charge in [-0.2, -0.15) is 0 Å². The number of rotatable bonds is 6. The third-order valence-corrected chi connectivity index (χ3v) is 4.69. The molecule has 5 nitrogen and oxygen atoms in total. The zero-order valence-electron chi connectivity index (χ0n) is 13.1. The van der Waals surface area contributed by atoms with Crippen LogP contribution in [-0.2, 0) is 9.59 Å². The summed E-state index contributed by atoms with van der Waals surface area (Å²) in [7, 11) is 0. The third kappa shape index (κ3) is 4.72. The van der Waals surface area contributed by atoms with Crippen molar-refractivity contribution in [2.75, 3.05) is 18.4 Å². The molecule has 0 radical (unpaired) electrons. The van der Waals surface area contributed by atoms with E-state index in [9.17, 15) is 9.59 Å². The first-order chi connectivity index (χ1) is 11.5. The Hall–Kier alpha value is -2.05. The first kappa shape index (κ1) is 18.3. The fraction of sp³-hybridized carbons (Fsp3) is 0.235. The topological polar surface area (TPSA) is 61.8 Å². The fourth-order valence-electron chi connectivity index (χ4n) is 2.08. The second-order valence-electron chi connectivity index (χ2n) is 5.01. The van der Waals surface area contributed by atoms with Crippen LogP contribution in [0.3, 0.4) is 0 Å². The number of nitrogens with one attached hydrogen (secondary N) is 1. The van der Waals surface area contributed by atoms with Crippen molar-refractivity contribution in [3.63, 3.8) is 0 Å². The highest BCUT2D eigenvalue weighted by molar-refractivity contribution is 8.15. The third-order valence-electron chi connectivity index (χ3n) is 3.21. The Labute approximate surface area is 150 Å². The van der Waals surface area contributed by atoms with Crippen molar-refractivity contribution >= 4 is 46.0 Å². The van der Waals surface area contributed by atoms with Crippen molar-refractivity contribution in [3.05, 3.63) is 54.6 Å². The number of hydrogen-bond acceptors (Lipinski definition) is 4. The summed E-state index contributed by atoms with van der Waals surface area (Å²) in [5.74, 6) is -0.382. The monoisotopic (exact) mass is 363 g/mol. The van der Waals surface area contributed by atoms with Gasteiger partial charge in [0.25, 0.3) is 0 Å². The lowest BCUT2D eigenvalue weighted by molar-refractivity contribution is -0.129. The number of carbonyl (C=O) groups is 2. The molecule has 0 saturated carbocycles. The molecule has 1 fully saturated rings. The van der Waals surface area contributed by atoms with E-state index in [4.69, 9.17) is 11.6 Å². The Morgan fingerprint density at radius 1 is 1.38 bits per heavy atom. The number of anilines is 1. The Balaban J connectivity index is 2.11. The van der Waals surface area contributed by atoms with Crippen molar-refractivity contribution < 1.29 is 9.59 Å². The zero-order valence-corrected chi connectivity index (χ0v) is 14.6. The number of amides is 2. The Morgan fingerprint density at radius 2 is 2.08 bits per heavy atom. The molecule has 24 heavy (non-hydrogen) atoms. The van der Waals surface area contributed by atoms with Crippen LogP contribution in [0.2, 0.25) is 5.02 Å². The molecule has 1 atom stereocenters. The van der Waals surface area contributed by atoms with E-state index in [0.29, 0.717) is 29.0 Å². The Kier molecular flexibility index (Phi) is 6.63. The summed E-state index contributed by atoms with van der Waals surface area (Å²) in [6, 6.07) is 6.82. The lowest BCUT2D eigenvalue weighted by Gasteiger charge is -2.31. The van der Waals surface area contributed by atoms with Gasteiger partial charge in [-0.3, -0.25) is 19.5 Å². The molecule has 1 aliphatic heterocycles. The van der Waals surface area contributed by atoms with E-state index >= 15 is 0 Å². The minimum absolute atomic E-state index is 0.116. The summed E-state index contributed by atoms with van der Waals surface area (Å²) in [5, 5.41) is 3.38. The maximum atomic E-state index is 12.5. The minimum Gasteiger partial charge on any atom is -0.325 e. The summed E-state index contributed by atoms with van der Waals surface area (Å²) in [5.41, 5.74) is 0.635. The highest BCUT2D eigenvalue weighted by Gasteiger charge is 2.35. The number of hydrogen-bond donors (Lipinski definition) is 1. The minimum atomic E-state index is -0.530. The molecule has 1 saturated heterocycles. The van der Waals surface area contributed by atoms with Gasteiger partial charge in [0.15, 0.2) is 5.17 Å². The van der Waals surface area contributed by atoms with E-state index in [1.165, 1.54) is 16.7 Å². The Bertz CT molecular complexity index is 673. The second-order valence-corrected chi connectivity index (χ2v) is 6.62. The van der Waals surface area contributed by atoms with Crippen LogP contribution in [0.1, 0.15) is 6.42 Å². The summed E-state index contributed by atoms with van der Waals surface area (Å²) in [6.07, 6.45) is 3.39. The molecule has 1 heterocycles. The molecule has 126 valence electrons. The predicted molar refractivity (Wildman–Crippen MR) is 100 cm³/mol. The number of thioether (sulfide) groups is 1. The van der Waals surface area contributed by atoms with E-state index < -0.39 is 5.25 Å². The summed E-state index contributed by atoms with van der Waals surface area (Å²) < 4.78 is 0. The SMILES string of the molecule is C=CCN=C1SC(C(=O)Nc2ccc(Cl)cc2)CC(=O)N1CC=C. The van der Waals surface area contributed by atoms with Gasteiger partial charge >= 0.3 is 0 Å². The smallest absolute Gasteiger partial charge is 0.238 e. The summed E-state index contributed by atoms with van der Waals surface area (Å²) in [6.45, 7) is 8.03. The van der Waals surface area contributed by atoms with Crippen LogP contribution in [0.4, 0.5) is 5.69 Å². The van der Waals surface area contributed by atoms with E-state index in [2.05, 4.69) is 23.5 Å². The zero-order chi connectivity index (χ0) is 17.5. The van der Waals surface area contributed by atoms with Crippen LogP contribution in [0.15, 0.2) is 54.6 Å². The van der Waals surface area contributed by atoms with Gasteiger partial charge < -0.3 is 5.32 Å². The summed E-state index contributed by atoms with van der Waals surface area (Å²) >= 11 is 7.11. The van der Waals surface area contributed by atoms with Gasteiger partial charge in [-0.15, -0.1) is 13.2 Å². The van der Waals surface area contributed by atoms with E-state index in [-0.39, 0.29) is 18.2 Å². The van der Waals surface area contributed by atoms with Gasteiger partial charge in [-0.25, -0.2) is 0 Å².